The summed E-state index contributed by atoms with van der Waals surface area (Å²) in [5, 5.41) is 0. The number of benzene rings is 2. The molecule has 1 amide bonds. The van der Waals surface area contributed by atoms with Gasteiger partial charge in [0.2, 0.25) is 0 Å². The Kier molecular flexibility index (Phi) is 5.83. The molecule has 2 aromatic carbocycles. The SMILES string of the molecule is COC(=O)c1ccc2c(c1)[C@@H](c1ccc(F)cc1)N(C(=O)OCC13CCN(CC1)CC3)CC2. The highest BCUT2D eigenvalue weighted by Gasteiger charge is 2.41. The first-order valence-corrected chi connectivity index (χ1v) is 11.6. The fraction of sp³-hybridized carbons (Fsp3) is 0.462. The van der Waals surface area contributed by atoms with Crippen LogP contribution in [-0.2, 0) is 15.9 Å². The van der Waals surface area contributed by atoms with Gasteiger partial charge < -0.3 is 14.4 Å². The van der Waals surface area contributed by atoms with Crippen LogP contribution < -0.4 is 0 Å². The lowest BCUT2D eigenvalue weighted by Crippen LogP contribution is -2.51. The third-order valence-electron chi connectivity index (χ3n) is 7.59. The van der Waals surface area contributed by atoms with Crippen LogP contribution in [0.25, 0.3) is 0 Å². The summed E-state index contributed by atoms with van der Waals surface area (Å²) in [4.78, 5) is 29.7. The van der Waals surface area contributed by atoms with E-state index in [2.05, 4.69) is 4.90 Å². The second-order valence-electron chi connectivity index (χ2n) is 9.45. The van der Waals surface area contributed by atoms with Crippen LogP contribution in [0.4, 0.5) is 9.18 Å². The standard InChI is InChI=1S/C26H29FN2O4/c1-32-24(30)20-3-2-18-8-12-29(23(22(18)16-20)19-4-6-21(27)7-5-19)25(31)33-17-26-9-13-28(14-10-26)15-11-26/h2-7,16,23H,8-15,17H2,1H3/t23-/m1/s1. The Morgan fingerprint density at radius 2 is 1.73 bits per heavy atom. The van der Waals surface area contributed by atoms with Gasteiger partial charge in [-0.3, -0.25) is 4.90 Å². The molecule has 0 aliphatic carbocycles. The minimum atomic E-state index is -0.461. The molecule has 33 heavy (non-hydrogen) atoms. The number of halogens is 1. The van der Waals surface area contributed by atoms with Gasteiger partial charge in [-0.15, -0.1) is 0 Å². The van der Waals surface area contributed by atoms with E-state index in [9.17, 15) is 14.0 Å². The van der Waals surface area contributed by atoms with Crippen LogP contribution in [0.1, 0.15) is 52.4 Å². The fourth-order valence-electron chi connectivity index (χ4n) is 5.47. The van der Waals surface area contributed by atoms with Crippen molar-refractivity contribution >= 4 is 12.1 Å². The third kappa shape index (κ3) is 4.22. The number of fused-ring (bicyclic) bond motifs is 4. The van der Waals surface area contributed by atoms with Gasteiger partial charge in [0.25, 0.3) is 0 Å². The van der Waals surface area contributed by atoms with Gasteiger partial charge in [0.1, 0.15) is 5.82 Å². The quantitative estimate of drug-likeness (QED) is 0.652. The highest BCUT2D eigenvalue weighted by atomic mass is 19.1. The Morgan fingerprint density at radius 1 is 1.03 bits per heavy atom. The predicted octanol–water partition coefficient (Wildman–Crippen LogP) is 4.18. The number of carbonyl (C=O) groups excluding carboxylic acids is 2. The number of rotatable bonds is 4. The molecular weight excluding hydrogens is 423 g/mol. The van der Waals surface area contributed by atoms with Gasteiger partial charge in [-0.05, 0) is 86.3 Å². The number of amides is 1. The van der Waals surface area contributed by atoms with E-state index in [-0.39, 0.29) is 17.3 Å². The lowest BCUT2D eigenvalue weighted by atomic mass is 9.73. The first kappa shape index (κ1) is 21.9. The van der Waals surface area contributed by atoms with E-state index in [4.69, 9.17) is 9.47 Å². The third-order valence-corrected chi connectivity index (χ3v) is 7.59. The van der Waals surface area contributed by atoms with Crippen molar-refractivity contribution in [1.29, 1.82) is 0 Å². The van der Waals surface area contributed by atoms with Crippen molar-refractivity contribution in [3.8, 4) is 0 Å². The van der Waals surface area contributed by atoms with Crippen molar-refractivity contribution in [3.05, 3.63) is 70.5 Å². The Hall–Kier alpha value is -2.93. The number of hydrogen-bond acceptors (Lipinski definition) is 5. The summed E-state index contributed by atoms with van der Waals surface area (Å²) in [5.41, 5.74) is 3.18. The van der Waals surface area contributed by atoms with E-state index in [0.29, 0.717) is 25.1 Å². The average Bonchev–Trinajstić information content (AvgIpc) is 2.87. The summed E-state index contributed by atoms with van der Waals surface area (Å²) in [6, 6.07) is 11.1. The largest absolute Gasteiger partial charge is 0.465 e. The van der Waals surface area contributed by atoms with Crippen LogP contribution in [0.5, 0.6) is 0 Å². The van der Waals surface area contributed by atoms with E-state index < -0.39 is 12.0 Å². The molecule has 4 aliphatic heterocycles. The van der Waals surface area contributed by atoms with Crippen molar-refractivity contribution in [3.63, 3.8) is 0 Å². The molecule has 4 aliphatic rings. The number of nitrogens with zero attached hydrogens (tertiary/aromatic N) is 2. The van der Waals surface area contributed by atoms with Gasteiger partial charge in [0.05, 0.1) is 25.3 Å². The molecular formula is C26H29FN2O4. The van der Waals surface area contributed by atoms with Crippen LogP contribution in [0.15, 0.2) is 42.5 Å². The lowest BCUT2D eigenvalue weighted by Gasteiger charge is -2.48. The first-order chi connectivity index (χ1) is 16.0. The molecule has 3 saturated heterocycles. The van der Waals surface area contributed by atoms with Gasteiger partial charge in [-0.2, -0.15) is 0 Å². The monoisotopic (exact) mass is 452 g/mol. The number of carbonyl (C=O) groups is 2. The van der Waals surface area contributed by atoms with Gasteiger partial charge in [-0.1, -0.05) is 18.2 Å². The summed E-state index contributed by atoms with van der Waals surface area (Å²) in [6.45, 7) is 4.14. The lowest BCUT2D eigenvalue weighted by molar-refractivity contribution is -0.0300. The Labute approximate surface area is 193 Å². The molecule has 7 heteroatoms. The number of esters is 1. The molecule has 2 aromatic rings. The highest BCUT2D eigenvalue weighted by molar-refractivity contribution is 5.89. The Bertz CT molecular complexity index is 1030. The number of hydrogen-bond donors (Lipinski definition) is 0. The van der Waals surface area contributed by atoms with E-state index in [1.54, 1.807) is 29.2 Å². The minimum Gasteiger partial charge on any atom is -0.465 e. The zero-order valence-corrected chi connectivity index (χ0v) is 18.9. The molecule has 0 saturated carbocycles. The van der Waals surface area contributed by atoms with Crippen molar-refractivity contribution in [2.45, 2.75) is 31.7 Å². The molecule has 3 fully saturated rings. The Balaban J connectivity index is 1.44. The fourth-order valence-corrected chi connectivity index (χ4v) is 5.47. The Morgan fingerprint density at radius 3 is 2.39 bits per heavy atom. The van der Waals surface area contributed by atoms with Crippen molar-refractivity contribution in [1.82, 2.24) is 9.80 Å². The zero-order chi connectivity index (χ0) is 23.0. The first-order valence-electron chi connectivity index (χ1n) is 11.6. The van der Waals surface area contributed by atoms with Crippen molar-refractivity contribution in [2.75, 3.05) is 39.9 Å². The minimum absolute atomic E-state index is 0.0849. The maximum absolute atomic E-state index is 13.7. The smallest absolute Gasteiger partial charge is 0.410 e. The molecule has 6 rings (SSSR count). The summed E-state index contributed by atoms with van der Waals surface area (Å²) in [5.74, 6) is -0.770. The normalized spacial score (nSPS) is 25.9. The van der Waals surface area contributed by atoms with Crippen molar-refractivity contribution < 1.29 is 23.5 Å². The number of methoxy groups -OCH3 is 1. The van der Waals surface area contributed by atoms with Crippen LogP contribution in [0.3, 0.4) is 0 Å². The molecule has 0 spiro atoms. The topological polar surface area (TPSA) is 59.1 Å². The van der Waals surface area contributed by atoms with E-state index in [1.165, 1.54) is 19.2 Å². The zero-order valence-electron chi connectivity index (χ0n) is 18.9. The molecule has 0 N–H and O–H groups in total. The van der Waals surface area contributed by atoms with Crippen molar-refractivity contribution in [2.24, 2.45) is 5.41 Å². The summed E-state index contributed by atoms with van der Waals surface area (Å²) >= 11 is 0. The molecule has 2 bridgehead atoms. The van der Waals surface area contributed by atoms with Gasteiger partial charge in [0.15, 0.2) is 0 Å². The molecule has 1 atom stereocenters. The number of piperidine rings is 3. The summed E-state index contributed by atoms with van der Waals surface area (Å²) in [7, 11) is 1.35. The number of ether oxygens (including phenoxy) is 2. The molecule has 0 aromatic heterocycles. The van der Waals surface area contributed by atoms with Crippen LogP contribution >= 0.6 is 0 Å². The van der Waals surface area contributed by atoms with Gasteiger partial charge in [-0.25, -0.2) is 14.0 Å². The van der Waals surface area contributed by atoms with E-state index in [0.717, 1.165) is 55.6 Å². The molecule has 4 heterocycles. The predicted molar refractivity (Wildman–Crippen MR) is 121 cm³/mol. The summed E-state index contributed by atoms with van der Waals surface area (Å²) in [6.07, 6.45) is 3.48. The van der Waals surface area contributed by atoms with Crippen LogP contribution in [0, 0.1) is 11.2 Å². The second-order valence-corrected chi connectivity index (χ2v) is 9.45. The molecule has 174 valence electrons. The van der Waals surface area contributed by atoms with Crippen LogP contribution in [0.2, 0.25) is 0 Å². The van der Waals surface area contributed by atoms with E-state index in [1.807, 2.05) is 6.07 Å². The summed E-state index contributed by atoms with van der Waals surface area (Å²) < 4.78 is 24.5. The molecule has 6 nitrogen and oxygen atoms in total. The second kappa shape index (κ2) is 8.78. The van der Waals surface area contributed by atoms with Crippen LogP contribution in [-0.4, -0.2) is 61.8 Å². The average molecular weight is 453 g/mol. The van der Waals surface area contributed by atoms with Gasteiger partial charge >= 0.3 is 12.1 Å². The van der Waals surface area contributed by atoms with Gasteiger partial charge in [0, 0.05) is 12.0 Å². The van der Waals surface area contributed by atoms with E-state index >= 15 is 0 Å². The maximum Gasteiger partial charge on any atom is 0.410 e. The molecule has 0 unspecified atom stereocenters. The highest BCUT2D eigenvalue weighted by Crippen LogP contribution is 2.41. The maximum atomic E-state index is 13.7. The molecule has 0 radical (unpaired) electrons.